The lowest BCUT2D eigenvalue weighted by Gasteiger charge is -2.27. The van der Waals surface area contributed by atoms with Crippen LogP contribution in [0.15, 0.2) is 30.3 Å². The fourth-order valence-corrected chi connectivity index (χ4v) is 2.31. The molecule has 0 fully saturated rings. The highest BCUT2D eigenvalue weighted by atomic mass is 16.6. The van der Waals surface area contributed by atoms with Gasteiger partial charge in [0.25, 0.3) is 5.91 Å². The van der Waals surface area contributed by atoms with Crippen molar-refractivity contribution in [2.45, 2.75) is 65.3 Å². The second kappa shape index (κ2) is 9.42. The number of benzene rings is 1. The Kier molecular flexibility index (Phi) is 7.90. The molecule has 1 rings (SSSR count). The van der Waals surface area contributed by atoms with Crippen LogP contribution in [0.2, 0.25) is 0 Å². The number of carbonyl (C=O) groups is 2. The van der Waals surface area contributed by atoms with E-state index in [1.165, 1.54) is 0 Å². The number of alkyl carbamates (subject to hydrolysis) is 1. The number of amides is 2. The van der Waals surface area contributed by atoms with Gasteiger partial charge in [0.1, 0.15) is 5.60 Å². The quantitative estimate of drug-likeness (QED) is 0.705. The molecule has 0 saturated heterocycles. The van der Waals surface area contributed by atoms with Gasteiger partial charge in [0.2, 0.25) is 0 Å². The first kappa shape index (κ1) is 21.0. The Labute approximate surface area is 150 Å². The van der Waals surface area contributed by atoms with Gasteiger partial charge in [0.05, 0.1) is 6.04 Å². The number of aliphatic hydroxyl groups is 1. The molecule has 140 valence electrons. The molecule has 6 nitrogen and oxygen atoms in total. The second-order valence-electron chi connectivity index (χ2n) is 7.53. The van der Waals surface area contributed by atoms with Gasteiger partial charge in [-0.25, -0.2) is 4.79 Å². The Bertz CT molecular complexity index is 552. The molecule has 2 atom stereocenters. The zero-order valence-electron chi connectivity index (χ0n) is 15.7. The summed E-state index contributed by atoms with van der Waals surface area (Å²) in [4.78, 5) is 24.2. The van der Waals surface area contributed by atoms with Crippen LogP contribution in [-0.4, -0.2) is 34.9 Å². The summed E-state index contributed by atoms with van der Waals surface area (Å²) >= 11 is 0. The zero-order valence-corrected chi connectivity index (χ0v) is 15.7. The lowest BCUT2D eigenvalue weighted by molar-refractivity contribution is -0.131. The van der Waals surface area contributed by atoms with E-state index in [9.17, 15) is 14.7 Å². The van der Waals surface area contributed by atoms with Crippen LogP contribution in [0.4, 0.5) is 4.79 Å². The molecule has 2 amide bonds. The third-order valence-corrected chi connectivity index (χ3v) is 3.39. The van der Waals surface area contributed by atoms with Crippen molar-refractivity contribution in [3.8, 4) is 0 Å². The number of hydrogen-bond acceptors (Lipinski definition) is 4. The molecular weight excluding hydrogens is 320 g/mol. The molecule has 0 bridgehead atoms. The van der Waals surface area contributed by atoms with Crippen molar-refractivity contribution in [1.82, 2.24) is 10.6 Å². The molecule has 0 spiro atoms. The van der Waals surface area contributed by atoms with Crippen molar-refractivity contribution in [1.29, 1.82) is 0 Å². The fraction of sp³-hybridized carbons (Fsp3) is 0.579. The number of aliphatic hydroxyl groups excluding tert-OH is 1. The van der Waals surface area contributed by atoms with E-state index in [0.717, 1.165) is 5.56 Å². The van der Waals surface area contributed by atoms with Crippen molar-refractivity contribution in [3.63, 3.8) is 0 Å². The van der Waals surface area contributed by atoms with Crippen molar-refractivity contribution in [2.75, 3.05) is 0 Å². The summed E-state index contributed by atoms with van der Waals surface area (Å²) < 4.78 is 5.22. The third-order valence-electron chi connectivity index (χ3n) is 3.39. The Hall–Kier alpha value is -2.08. The molecular formula is C19H30N2O4. The molecule has 0 saturated carbocycles. The molecule has 0 aliphatic carbocycles. The minimum atomic E-state index is -1.35. The highest BCUT2D eigenvalue weighted by Gasteiger charge is 2.29. The van der Waals surface area contributed by atoms with Gasteiger partial charge < -0.3 is 20.5 Å². The van der Waals surface area contributed by atoms with E-state index in [1.807, 2.05) is 44.2 Å². The summed E-state index contributed by atoms with van der Waals surface area (Å²) in [5.74, 6) is -0.331. The predicted molar refractivity (Wildman–Crippen MR) is 96.9 cm³/mol. The van der Waals surface area contributed by atoms with Crippen LogP contribution >= 0.6 is 0 Å². The summed E-state index contributed by atoms with van der Waals surface area (Å²) in [5.41, 5.74) is 0.288. The van der Waals surface area contributed by atoms with Crippen molar-refractivity contribution >= 4 is 12.0 Å². The van der Waals surface area contributed by atoms with Crippen LogP contribution in [0.1, 0.15) is 46.6 Å². The molecule has 0 radical (unpaired) electrons. The number of hydrogen-bond donors (Lipinski definition) is 3. The van der Waals surface area contributed by atoms with Gasteiger partial charge in [-0.05, 0) is 38.7 Å². The fourth-order valence-electron chi connectivity index (χ4n) is 2.31. The first-order chi connectivity index (χ1) is 11.6. The van der Waals surface area contributed by atoms with E-state index in [-0.39, 0.29) is 5.92 Å². The predicted octanol–water partition coefficient (Wildman–Crippen LogP) is 2.60. The van der Waals surface area contributed by atoms with E-state index in [4.69, 9.17) is 4.74 Å². The summed E-state index contributed by atoms with van der Waals surface area (Å²) in [5, 5.41) is 15.7. The Balaban J connectivity index is 2.66. The molecule has 0 aliphatic heterocycles. The second-order valence-corrected chi connectivity index (χ2v) is 7.53. The average molecular weight is 350 g/mol. The lowest BCUT2D eigenvalue weighted by Crippen LogP contribution is -2.51. The minimum Gasteiger partial charge on any atom is -0.444 e. The number of rotatable bonds is 7. The molecule has 6 heteroatoms. The molecule has 1 unspecified atom stereocenters. The van der Waals surface area contributed by atoms with Crippen LogP contribution in [0.25, 0.3) is 0 Å². The highest BCUT2D eigenvalue weighted by molar-refractivity contribution is 5.82. The van der Waals surface area contributed by atoms with Crippen LogP contribution in [0, 0.1) is 5.92 Å². The van der Waals surface area contributed by atoms with Gasteiger partial charge in [0, 0.05) is 6.54 Å². The van der Waals surface area contributed by atoms with Gasteiger partial charge in [-0.1, -0.05) is 44.2 Å². The summed E-state index contributed by atoms with van der Waals surface area (Å²) in [6.45, 7) is 9.50. The van der Waals surface area contributed by atoms with E-state index >= 15 is 0 Å². The van der Waals surface area contributed by atoms with Crippen LogP contribution < -0.4 is 10.6 Å². The summed E-state index contributed by atoms with van der Waals surface area (Å²) in [6.07, 6.45) is -1.54. The van der Waals surface area contributed by atoms with E-state index in [1.54, 1.807) is 20.8 Å². The smallest absolute Gasteiger partial charge is 0.407 e. The summed E-state index contributed by atoms with van der Waals surface area (Å²) in [6, 6.07) is 8.70. The number of carbonyl (C=O) groups excluding carboxylic acids is 2. The zero-order chi connectivity index (χ0) is 19.0. The van der Waals surface area contributed by atoms with E-state index in [2.05, 4.69) is 10.6 Å². The van der Waals surface area contributed by atoms with Crippen molar-refractivity contribution in [3.05, 3.63) is 35.9 Å². The van der Waals surface area contributed by atoms with Crippen LogP contribution in [0.3, 0.4) is 0 Å². The normalized spacial score (nSPS) is 13.9. The molecule has 3 N–H and O–H groups in total. The molecule has 1 aromatic rings. The van der Waals surface area contributed by atoms with Gasteiger partial charge in [-0.3, -0.25) is 4.79 Å². The van der Waals surface area contributed by atoms with Gasteiger partial charge in [0.15, 0.2) is 6.10 Å². The number of nitrogens with one attached hydrogen (secondary N) is 2. The van der Waals surface area contributed by atoms with E-state index < -0.39 is 29.7 Å². The topological polar surface area (TPSA) is 87.7 Å². The largest absolute Gasteiger partial charge is 0.444 e. The monoisotopic (exact) mass is 350 g/mol. The molecule has 0 heterocycles. The molecule has 0 aliphatic rings. The Morgan fingerprint density at radius 1 is 1.16 bits per heavy atom. The standard InChI is InChI=1S/C19H30N2O4/c1-13(2)11-15(21-18(24)25-19(3,4)5)16(22)17(23)20-12-14-9-7-6-8-10-14/h6-10,13,15-16,22H,11-12H2,1-5H3,(H,20,23)(H,21,24)/t15-,16?/m0/s1. The number of ether oxygens (including phenoxy) is 1. The Morgan fingerprint density at radius 2 is 1.76 bits per heavy atom. The third kappa shape index (κ3) is 8.54. The van der Waals surface area contributed by atoms with Crippen molar-refractivity contribution < 1.29 is 19.4 Å². The van der Waals surface area contributed by atoms with Crippen LogP contribution in [-0.2, 0) is 16.1 Å². The maximum atomic E-state index is 12.3. The molecule has 25 heavy (non-hydrogen) atoms. The maximum Gasteiger partial charge on any atom is 0.407 e. The summed E-state index contributed by atoms with van der Waals surface area (Å²) in [7, 11) is 0. The van der Waals surface area contributed by atoms with Crippen LogP contribution in [0.5, 0.6) is 0 Å². The van der Waals surface area contributed by atoms with Crippen molar-refractivity contribution in [2.24, 2.45) is 5.92 Å². The average Bonchev–Trinajstić information content (AvgIpc) is 2.50. The molecule has 1 aromatic carbocycles. The van der Waals surface area contributed by atoms with Gasteiger partial charge in [-0.15, -0.1) is 0 Å². The minimum absolute atomic E-state index is 0.191. The lowest BCUT2D eigenvalue weighted by atomic mass is 9.98. The SMILES string of the molecule is CC(C)C[C@H](NC(=O)OC(C)(C)C)C(O)C(=O)NCc1ccccc1. The molecule has 0 aromatic heterocycles. The highest BCUT2D eigenvalue weighted by Crippen LogP contribution is 2.12. The first-order valence-electron chi connectivity index (χ1n) is 8.57. The first-order valence-corrected chi connectivity index (χ1v) is 8.57. The van der Waals surface area contributed by atoms with Gasteiger partial charge >= 0.3 is 6.09 Å². The Morgan fingerprint density at radius 3 is 2.28 bits per heavy atom. The maximum absolute atomic E-state index is 12.3. The van der Waals surface area contributed by atoms with E-state index in [0.29, 0.717) is 13.0 Å². The van der Waals surface area contributed by atoms with Gasteiger partial charge in [-0.2, -0.15) is 0 Å².